The maximum atomic E-state index is 10.9. The second kappa shape index (κ2) is 6.97. The van der Waals surface area contributed by atoms with Crippen LogP contribution in [-0.4, -0.2) is 35.8 Å². The molecule has 0 saturated heterocycles. The quantitative estimate of drug-likeness (QED) is 0.540. The molecule has 0 aromatic heterocycles. The number of ether oxygens (including phenoxy) is 1. The highest BCUT2D eigenvalue weighted by atomic mass is 32.2. The average molecular weight is 204 g/mol. The predicted octanol–water partition coefficient (Wildman–Crippen LogP) is 1.22. The lowest BCUT2D eigenvalue weighted by atomic mass is 10.3. The molecule has 76 valence electrons. The lowest BCUT2D eigenvalue weighted by Gasteiger charge is -2.04. The number of esters is 1. The Morgan fingerprint density at radius 1 is 1.69 bits per heavy atom. The van der Waals surface area contributed by atoms with E-state index < -0.39 is 0 Å². The van der Waals surface area contributed by atoms with Gasteiger partial charge in [-0.2, -0.15) is 11.8 Å². The van der Waals surface area contributed by atoms with Gasteiger partial charge in [0, 0.05) is 16.6 Å². The number of rotatable bonds is 5. The summed E-state index contributed by atoms with van der Waals surface area (Å²) in [6.45, 7) is 3.82. The lowest BCUT2D eigenvalue weighted by molar-refractivity contribution is -0.136. The Morgan fingerprint density at radius 2 is 2.31 bits per heavy atom. The third-order valence-electron chi connectivity index (χ3n) is 1.53. The smallest absolute Gasteiger partial charge is 0.333 e. The van der Waals surface area contributed by atoms with Crippen LogP contribution in [0.4, 0.5) is 0 Å². The predicted molar refractivity (Wildman–Crippen MR) is 54.8 cm³/mol. The Bertz CT molecular complexity index is 189. The van der Waals surface area contributed by atoms with Crippen LogP contribution in [-0.2, 0) is 9.53 Å². The summed E-state index contributed by atoms with van der Waals surface area (Å²) in [5.41, 5.74) is 0.611. The number of carbonyl (C=O) groups excluding carboxylic acids is 1. The highest BCUT2D eigenvalue weighted by molar-refractivity contribution is 8.00. The molecule has 0 radical (unpaired) electrons. The fourth-order valence-electron chi connectivity index (χ4n) is 0.634. The van der Waals surface area contributed by atoms with Gasteiger partial charge in [-0.15, -0.1) is 0 Å². The molecule has 0 aromatic carbocycles. The monoisotopic (exact) mass is 204 g/mol. The zero-order valence-electron chi connectivity index (χ0n) is 8.24. The van der Waals surface area contributed by atoms with Crippen LogP contribution in [0.25, 0.3) is 0 Å². The van der Waals surface area contributed by atoms with Crippen molar-refractivity contribution in [1.82, 2.24) is 0 Å². The van der Waals surface area contributed by atoms with Gasteiger partial charge in [-0.05, 0) is 6.92 Å². The summed E-state index contributed by atoms with van der Waals surface area (Å²) in [7, 11) is 1.36. The van der Waals surface area contributed by atoms with Crippen LogP contribution < -0.4 is 0 Å². The molecule has 4 heteroatoms. The summed E-state index contributed by atoms with van der Waals surface area (Å²) >= 11 is 1.60. The van der Waals surface area contributed by atoms with Crippen LogP contribution >= 0.6 is 11.8 Å². The SMILES string of the molecule is COC(=O)C(C)=CCSC(C)CO. The van der Waals surface area contributed by atoms with Gasteiger partial charge in [0.25, 0.3) is 0 Å². The molecule has 0 fully saturated rings. The van der Waals surface area contributed by atoms with Crippen molar-refractivity contribution in [2.45, 2.75) is 19.1 Å². The van der Waals surface area contributed by atoms with Gasteiger partial charge in [-0.3, -0.25) is 0 Å². The summed E-state index contributed by atoms with van der Waals surface area (Å²) in [6, 6.07) is 0. The fourth-order valence-corrected chi connectivity index (χ4v) is 1.41. The van der Waals surface area contributed by atoms with Crippen LogP contribution in [0.15, 0.2) is 11.6 Å². The fraction of sp³-hybridized carbons (Fsp3) is 0.667. The maximum Gasteiger partial charge on any atom is 0.333 e. The number of hydrogen-bond acceptors (Lipinski definition) is 4. The van der Waals surface area contributed by atoms with Gasteiger partial charge < -0.3 is 9.84 Å². The number of hydrogen-bond donors (Lipinski definition) is 1. The van der Waals surface area contributed by atoms with Gasteiger partial charge >= 0.3 is 5.97 Å². The van der Waals surface area contributed by atoms with Crippen LogP contribution in [0.5, 0.6) is 0 Å². The topological polar surface area (TPSA) is 46.5 Å². The van der Waals surface area contributed by atoms with Gasteiger partial charge in [0.2, 0.25) is 0 Å². The van der Waals surface area contributed by atoms with Crippen molar-refractivity contribution < 1.29 is 14.6 Å². The Morgan fingerprint density at radius 3 is 2.77 bits per heavy atom. The zero-order valence-corrected chi connectivity index (χ0v) is 9.06. The largest absolute Gasteiger partial charge is 0.466 e. The van der Waals surface area contributed by atoms with Crippen LogP contribution in [0.3, 0.4) is 0 Å². The molecule has 0 saturated carbocycles. The van der Waals surface area contributed by atoms with Gasteiger partial charge in [-0.25, -0.2) is 4.79 Å². The van der Waals surface area contributed by atoms with E-state index in [2.05, 4.69) is 4.74 Å². The first kappa shape index (κ1) is 12.5. The minimum Gasteiger partial charge on any atom is -0.466 e. The Balaban J connectivity index is 3.77. The van der Waals surface area contributed by atoms with E-state index in [0.29, 0.717) is 5.57 Å². The second-order valence-electron chi connectivity index (χ2n) is 2.71. The molecule has 1 unspecified atom stereocenters. The van der Waals surface area contributed by atoms with Gasteiger partial charge in [0.15, 0.2) is 0 Å². The first-order valence-corrected chi connectivity index (χ1v) is 5.14. The number of aliphatic hydroxyl groups excluding tert-OH is 1. The van der Waals surface area contributed by atoms with E-state index in [4.69, 9.17) is 5.11 Å². The van der Waals surface area contributed by atoms with Crippen molar-refractivity contribution in [3.05, 3.63) is 11.6 Å². The van der Waals surface area contributed by atoms with E-state index in [-0.39, 0.29) is 17.8 Å². The lowest BCUT2D eigenvalue weighted by Crippen LogP contribution is -2.04. The molecule has 1 N–H and O–H groups in total. The van der Waals surface area contributed by atoms with E-state index in [1.165, 1.54) is 7.11 Å². The highest BCUT2D eigenvalue weighted by Crippen LogP contribution is 2.10. The standard InChI is InChI=1S/C9H16O3S/c1-7(9(11)12-3)4-5-13-8(2)6-10/h4,8,10H,5-6H2,1-3H3. The van der Waals surface area contributed by atoms with Crippen molar-refractivity contribution in [3.8, 4) is 0 Å². The summed E-state index contributed by atoms with van der Waals surface area (Å²) < 4.78 is 4.53. The van der Waals surface area contributed by atoms with Gasteiger partial charge in [0.05, 0.1) is 13.7 Å². The number of methoxy groups -OCH3 is 1. The first-order valence-electron chi connectivity index (χ1n) is 4.09. The molecule has 0 heterocycles. The second-order valence-corrected chi connectivity index (χ2v) is 4.18. The van der Waals surface area contributed by atoms with Crippen LogP contribution in [0, 0.1) is 0 Å². The molecule has 0 amide bonds. The van der Waals surface area contributed by atoms with Crippen molar-refractivity contribution in [1.29, 1.82) is 0 Å². The third-order valence-corrected chi connectivity index (χ3v) is 2.61. The minimum atomic E-state index is -0.294. The van der Waals surface area contributed by atoms with Gasteiger partial charge in [0.1, 0.15) is 0 Å². The van der Waals surface area contributed by atoms with Crippen LogP contribution in [0.1, 0.15) is 13.8 Å². The first-order chi connectivity index (χ1) is 6.11. The molecule has 0 aliphatic carbocycles. The molecule has 0 bridgehead atoms. The van der Waals surface area contributed by atoms with E-state index in [0.717, 1.165) is 5.75 Å². The maximum absolute atomic E-state index is 10.9. The zero-order chi connectivity index (χ0) is 10.3. The van der Waals surface area contributed by atoms with Crippen LogP contribution in [0.2, 0.25) is 0 Å². The molecular weight excluding hydrogens is 188 g/mol. The van der Waals surface area contributed by atoms with Gasteiger partial charge in [-0.1, -0.05) is 13.0 Å². The Labute approximate surface area is 83.2 Å². The highest BCUT2D eigenvalue weighted by Gasteiger charge is 2.03. The molecule has 0 spiro atoms. The number of thioether (sulfide) groups is 1. The van der Waals surface area contributed by atoms with Crippen molar-refractivity contribution in [2.75, 3.05) is 19.5 Å². The Hall–Kier alpha value is -0.480. The third kappa shape index (κ3) is 5.71. The normalized spacial score (nSPS) is 14.0. The molecular formula is C9H16O3S. The summed E-state index contributed by atoms with van der Waals surface area (Å²) in [5.74, 6) is 0.431. The summed E-state index contributed by atoms with van der Waals surface area (Å²) in [5, 5.41) is 8.93. The molecule has 0 rings (SSSR count). The number of aliphatic hydroxyl groups is 1. The molecule has 0 aliphatic rings. The average Bonchev–Trinajstić information content (AvgIpc) is 2.15. The van der Waals surface area contributed by atoms with E-state index >= 15 is 0 Å². The minimum absolute atomic E-state index is 0.162. The molecule has 1 atom stereocenters. The van der Waals surface area contributed by atoms with Crippen molar-refractivity contribution in [3.63, 3.8) is 0 Å². The molecule has 0 aromatic rings. The molecule has 3 nitrogen and oxygen atoms in total. The summed E-state index contributed by atoms with van der Waals surface area (Å²) in [6.07, 6.45) is 1.81. The van der Waals surface area contributed by atoms with Crippen molar-refractivity contribution >= 4 is 17.7 Å². The van der Waals surface area contributed by atoms with E-state index in [1.807, 2.05) is 13.0 Å². The summed E-state index contributed by atoms with van der Waals surface area (Å²) in [4.78, 5) is 10.9. The molecule has 0 aliphatic heterocycles. The van der Waals surface area contributed by atoms with E-state index in [1.54, 1.807) is 18.7 Å². The molecule has 13 heavy (non-hydrogen) atoms. The Kier molecular flexibility index (Phi) is 6.72. The van der Waals surface area contributed by atoms with Crippen molar-refractivity contribution in [2.24, 2.45) is 0 Å². The van der Waals surface area contributed by atoms with E-state index in [9.17, 15) is 4.79 Å². The number of carbonyl (C=O) groups is 1.